The molecule has 0 saturated heterocycles. The number of rotatable bonds is 9. The van der Waals surface area contributed by atoms with Crippen LogP contribution in [0.3, 0.4) is 0 Å². The molecule has 0 saturated carbocycles. The summed E-state index contributed by atoms with van der Waals surface area (Å²) in [5.41, 5.74) is 7.01. The molecule has 0 aliphatic carbocycles. The van der Waals surface area contributed by atoms with Crippen LogP contribution in [0.25, 0.3) is 0 Å². The SMILES string of the molecule is CCCN(CCC)Cc1ccc(C(=O)N(C)[C@H](C)C(N)=O)cc1. The predicted molar refractivity (Wildman–Crippen MR) is 93.1 cm³/mol. The Morgan fingerprint density at radius 1 is 1.09 bits per heavy atom. The second kappa shape index (κ2) is 9.30. The van der Waals surface area contributed by atoms with E-state index in [0.717, 1.165) is 32.5 Å². The fourth-order valence-corrected chi connectivity index (χ4v) is 2.48. The van der Waals surface area contributed by atoms with E-state index in [9.17, 15) is 9.59 Å². The highest BCUT2D eigenvalue weighted by atomic mass is 16.2. The summed E-state index contributed by atoms with van der Waals surface area (Å²) >= 11 is 0. The molecule has 1 atom stereocenters. The van der Waals surface area contributed by atoms with Crippen molar-refractivity contribution in [2.45, 2.75) is 46.2 Å². The number of carbonyl (C=O) groups is 2. The lowest BCUT2D eigenvalue weighted by Crippen LogP contribution is -2.43. The standard InChI is InChI=1S/C18H29N3O2/c1-5-11-21(12-6-2)13-15-7-9-16(10-8-15)18(23)20(4)14(3)17(19)22/h7-10,14H,5-6,11-13H2,1-4H3,(H2,19,22)/t14-/m1/s1. The van der Waals surface area contributed by atoms with Gasteiger partial charge in [0, 0.05) is 19.2 Å². The Morgan fingerprint density at radius 2 is 1.61 bits per heavy atom. The van der Waals surface area contributed by atoms with Crippen molar-refractivity contribution in [3.05, 3.63) is 35.4 Å². The number of nitrogens with zero attached hydrogens (tertiary/aromatic N) is 2. The van der Waals surface area contributed by atoms with Gasteiger partial charge < -0.3 is 10.6 Å². The third-order valence-corrected chi connectivity index (χ3v) is 4.00. The van der Waals surface area contributed by atoms with Crippen LogP contribution in [-0.2, 0) is 11.3 Å². The van der Waals surface area contributed by atoms with E-state index in [4.69, 9.17) is 5.73 Å². The van der Waals surface area contributed by atoms with Gasteiger partial charge in [0.1, 0.15) is 6.04 Å². The smallest absolute Gasteiger partial charge is 0.254 e. The maximum absolute atomic E-state index is 12.3. The van der Waals surface area contributed by atoms with Crippen LogP contribution in [0.15, 0.2) is 24.3 Å². The van der Waals surface area contributed by atoms with Gasteiger partial charge in [0.15, 0.2) is 0 Å². The molecule has 0 unspecified atom stereocenters. The van der Waals surface area contributed by atoms with E-state index < -0.39 is 11.9 Å². The third-order valence-electron chi connectivity index (χ3n) is 4.00. The molecule has 1 aromatic carbocycles. The first kappa shape index (κ1) is 19.2. The number of hydrogen-bond acceptors (Lipinski definition) is 3. The number of benzene rings is 1. The average Bonchev–Trinajstić information content (AvgIpc) is 2.54. The van der Waals surface area contributed by atoms with Crippen molar-refractivity contribution in [1.29, 1.82) is 0 Å². The molecule has 0 aliphatic heterocycles. The van der Waals surface area contributed by atoms with Crippen LogP contribution in [0.1, 0.15) is 49.5 Å². The molecule has 1 aromatic rings. The normalized spacial score (nSPS) is 12.2. The average molecular weight is 319 g/mol. The highest BCUT2D eigenvalue weighted by Crippen LogP contribution is 2.11. The van der Waals surface area contributed by atoms with Gasteiger partial charge >= 0.3 is 0 Å². The molecule has 0 heterocycles. The Kier molecular flexibility index (Phi) is 7.75. The van der Waals surface area contributed by atoms with Gasteiger partial charge in [0.2, 0.25) is 5.91 Å². The molecule has 0 aliphatic rings. The minimum absolute atomic E-state index is 0.193. The van der Waals surface area contributed by atoms with E-state index in [1.807, 2.05) is 24.3 Å². The van der Waals surface area contributed by atoms with Crippen molar-refractivity contribution in [3.8, 4) is 0 Å². The first-order valence-corrected chi connectivity index (χ1v) is 8.28. The van der Waals surface area contributed by atoms with Crippen LogP contribution in [-0.4, -0.2) is 47.8 Å². The van der Waals surface area contributed by atoms with Gasteiger partial charge in [-0.3, -0.25) is 14.5 Å². The molecule has 0 bridgehead atoms. The van der Waals surface area contributed by atoms with Gasteiger partial charge in [-0.15, -0.1) is 0 Å². The lowest BCUT2D eigenvalue weighted by molar-refractivity contribution is -0.121. The van der Waals surface area contributed by atoms with Gasteiger partial charge in [-0.1, -0.05) is 26.0 Å². The van der Waals surface area contributed by atoms with Crippen molar-refractivity contribution in [2.24, 2.45) is 5.73 Å². The van der Waals surface area contributed by atoms with E-state index in [1.54, 1.807) is 14.0 Å². The quantitative estimate of drug-likeness (QED) is 0.759. The summed E-state index contributed by atoms with van der Waals surface area (Å²) in [6.07, 6.45) is 2.26. The van der Waals surface area contributed by atoms with Crippen molar-refractivity contribution >= 4 is 11.8 Å². The summed E-state index contributed by atoms with van der Waals surface area (Å²) in [6, 6.07) is 6.98. The Hall–Kier alpha value is -1.88. The molecule has 0 spiro atoms. The molecule has 128 valence electrons. The fourth-order valence-electron chi connectivity index (χ4n) is 2.48. The Morgan fingerprint density at radius 3 is 2.04 bits per heavy atom. The topological polar surface area (TPSA) is 66.6 Å². The first-order valence-electron chi connectivity index (χ1n) is 8.28. The monoisotopic (exact) mass is 319 g/mol. The Labute approximate surface area is 139 Å². The van der Waals surface area contributed by atoms with Gasteiger partial charge in [0.25, 0.3) is 5.91 Å². The molecular weight excluding hydrogens is 290 g/mol. The molecule has 5 heteroatoms. The van der Waals surface area contributed by atoms with Crippen molar-refractivity contribution in [2.75, 3.05) is 20.1 Å². The van der Waals surface area contributed by atoms with Crippen LogP contribution in [0.5, 0.6) is 0 Å². The second-order valence-electron chi connectivity index (χ2n) is 5.97. The molecule has 0 fully saturated rings. The number of amides is 2. The molecule has 2 N–H and O–H groups in total. The number of carbonyl (C=O) groups excluding carboxylic acids is 2. The molecule has 0 aromatic heterocycles. The zero-order valence-electron chi connectivity index (χ0n) is 14.7. The summed E-state index contributed by atoms with van der Waals surface area (Å²) in [4.78, 5) is 27.3. The van der Waals surface area contributed by atoms with Crippen LogP contribution >= 0.6 is 0 Å². The zero-order valence-corrected chi connectivity index (χ0v) is 14.7. The van der Waals surface area contributed by atoms with Crippen molar-refractivity contribution in [3.63, 3.8) is 0 Å². The molecule has 5 nitrogen and oxygen atoms in total. The molecule has 0 radical (unpaired) electrons. The summed E-state index contributed by atoms with van der Waals surface area (Å²) in [5, 5.41) is 0. The second-order valence-corrected chi connectivity index (χ2v) is 5.97. The van der Waals surface area contributed by atoms with E-state index in [0.29, 0.717) is 5.56 Å². The lowest BCUT2D eigenvalue weighted by atomic mass is 10.1. The zero-order chi connectivity index (χ0) is 17.4. The van der Waals surface area contributed by atoms with Gasteiger partial charge in [-0.05, 0) is 50.6 Å². The van der Waals surface area contributed by atoms with Crippen LogP contribution < -0.4 is 5.73 Å². The molecule has 2 amide bonds. The number of likely N-dealkylation sites (N-methyl/N-ethyl adjacent to an activating group) is 1. The Balaban J connectivity index is 2.75. The van der Waals surface area contributed by atoms with E-state index in [2.05, 4.69) is 18.7 Å². The summed E-state index contributed by atoms with van der Waals surface area (Å²) in [5.74, 6) is -0.700. The van der Waals surface area contributed by atoms with Gasteiger partial charge in [-0.25, -0.2) is 0 Å². The Bertz CT molecular complexity index is 508. The molecular formula is C18H29N3O2. The van der Waals surface area contributed by atoms with Crippen molar-refractivity contribution < 1.29 is 9.59 Å². The highest BCUT2D eigenvalue weighted by Gasteiger charge is 2.21. The van der Waals surface area contributed by atoms with Gasteiger partial charge in [-0.2, -0.15) is 0 Å². The third kappa shape index (κ3) is 5.67. The fraction of sp³-hybridized carbons (Fsp3) is 0.556. The summed E-state index contributed by atoms with van der Waals surface area (Å²) in [6.45, 7) is 9.03. The van der Waals surface area contributed by atoms with Crippen LogP contribution in [0, 0.1) is 0 Å². The maximum Gasteiger partial charge on any atom is 0.254 e. The van der Waals surface area contributed by atoms with Gasteiger partial charge in [0.05, 0.1) is 0 Å². The molecule has 23 heavy (non-hydrogen) atoms. The van der Waals surface area contributed by atoms with E-state index >= 15 is 0 Å². The minimum Gasteiger partial charge on any atom is -0.368 e. The van der Waals surface area contributed by atoms with Crippen LogP contribution in [0.2, 0.25) is 0 Å². The number of hydrogen-bond donors (Lipinski definition) is 1. The highest BCUT2D eigenvalue weighted by molar-refractivity contribution is 5.97. The van der Waals surface area contributed by atoms with Crippen molar-refractivity contribution in [1.82, 2.24) is 9.80 Å². The largest absolute Gasteiger partial charge is 0.368 e. The summed E-state index contributed by atoms with van der Waals surface area (Å²) in [7, 11) is 1.59. The molecule has 1 rings (SSSR count). The van der Waals surface area contributed by atoms with Crippen LogP contribution in [0.4, 0.5) is 0 Å². The minimum atomic E-state index is -0.619. The maximum atomic E-state index is 12.3. The van der Waals surface area contributed by atoms with E-state index in [1.165, 1.54) is 10.5 Å². The summed E-state index contributed by atoms with van der Waals surface area (Å²) < 4.78 is 0. The van der Waals surface area contributed by atoms with E-state index in [-0.39, 0.29) is 5.91 Å². The first-order chi connectivity index (χ1) is 10.9. The lowest BCUT2D eigenvalue weighted by Gasteiger charge is -2.23. The number of nitrogens with two attached hydrogens (primary N) is 1. The predicted octanol–water partition coefficient (Wildman–Crippen LogP) is 2.25. The number of primary amides is 1.